The third-order valence-corrected chi connectivity index (χ3v) is 3.98. The van der Waals surface area contributed by atoms with E-state index in [1.807, 2.05) is 36.5 Å². The van der Waals surface area contributed by atoms with Crippen LogP contribution in [0.2, 0.25) is 5.02 Å². The van der Waals surface area contributed by atoms with Gasteiger partial charge >= 0.3 is 0 Å². The minimum Gasteiger partial charge on any atom is -0.387 e. The van der Waals surface area contributed by atoms with Gasteiger partial charge in [-0.25, -0.2) is 9.07 Å². The Hall–Kier alpha value is -2.21. The SMILES string of the molecule is OC(CNCc1cccc(-n2cccn2)c1)c1ccc(Cl)c(F)c1. The molecule has 1 unspecified atom stereocenters. The van der Waals surface area contributed by atoms with Crippen LogP contribution >= 0.6 is 11.6 Å². The highest BCUT2D eigenvalue weighted by Crippen LogP contribution is 2.20. The second-order valence-corrected chi connectivity index (χ2v) is 5.85. The molecule has 1 atom stereocenters. The average molecular weight is 346 g/mol. The number of aliphatic hydroxyl groups is 1. The molecule has 2 N–H and O–H groups in total. The lowest BCUT2D eigenvalue weighted by Crippen LogP contribution is -2.21. The Labute approximate surface area is 144 Å². The zero-order valence-electron chi connectivity index (χ0n) is 12.9. The van der Waals surface area contributed by atoms with Crippen LogP contribution in [0.1, 0.15) is 17.2 Å². The fourth-order valence-corrected chi connectivity index (χ4v) is 2.54. The Bertz CT molecular complexity index is 808. The van der Waals surface area contributed by atoms with Crippen molar-refractivity contribution in [3.63, 3.8) is 0 Å². The van der Waals surface area contributed by atoms with Gasteiger partial charge in [0.05, 0.1) is 16.8 Å². The van der Waals surface area contributed by atoms with Crippen molar-refractivity contribution in [2.45, 2.75) is 12.6 Å². The van der Waals surface area contributed by atoms with Gasteiger partial charge in [-0.05, 0) is 41.5 Å². The van der Waals surface area contributed by atoms with Gasteiger partial charge in [-0.3, -0.25) is 0 Å². The fraction of sp³-hybridized carbons (Fsp3) is 0.167. The van der Waals surface area contributed by atoms with Crippen LogP contribution in [0.5, 0.6) is 0 Å². The van der Waals surface area contributed by atoms with Crippen molar-refractivity contribution in [2.24, 2.45) is 0 Å². The summed E-state index contributed by atoms with van der Waals surface area (Å²) in [5.41, 5.74) is 2.53. The molecule has 0 aliphatic heterocycles. The lowest BCUT2D eigenvalue weighted by molar-refractivity contribution is 0.174. The standard InChI is InChI=1S/C18H17ClFN3O/c19-16-6-5-14(10-17(16)20)18(24)12-21-11-13-3-1-4-15(9-13)23-8-2-7-22-23/h1-10,18,21,24H,11-12H2. The van der Waals surface area contributed by atoms with Crippen LogP contribution in [-0.4, -0.2) is 21.4 Å². The maximum absolute atomic E-state index is 13.4. The summed E-state index contributed by atoms with van der Waals surface area (Å²) in [7, 11) is 0. The second-order valence-electron chi connectivity index (χ2n) is 5.44. The third-order valence-electron chi connectivity index (χ3n) is 3.67. The van der Waals surface area contributed by atoms with Gasteiger partial charge in [0.1, 0.15) is 5.82 Å². The maximum Gasteiger partial charge on any atom is 0.142 e. The molecule has 0 radical (unpaired) electrons. The van der Waals surface area contributed by atoms with Gasteiger partial charge in [-0.1, -0.05) is 29.8 Å². The van der Waals surface area contributed by atoms with E-state index >= 15 is 0 Å². The number of aliphatic hydroxyl groups excluding tert-OH is 1. The molecule has 0 spiro atoms. The molecule has 0 saturated carbocycles. The van der Waals surface area contributed by atoms with Crippen molar-refractivity contribution < 1.29 is 9.50 Å². The smallest absolute Gasteiger partial charge is 0.142 e. The van der Waals surface area contributed by atoms with Crippen LogP contribution in [0, 0.1) is 5.82 Å². The van der Waals surface area contributed by atoms with Gasteiger partial charge in [0, 0.05) is 25.5 Å². The van der Waals surface area contributed by atoms with Crippen LogP contribution in [-0.2, 0) is 6.54 Å². The number of rotatable bonds is 6. The molecular formula is C18H17ClFN3O. The van der Waals surface area contributed by atoms with Crippen molar-refractivity contribution >= 4 is 11.6 Å². The molecular weight excluding hydrogens is 329 g/mol. The van der Waals surface area contributed by atoms with E-state index in [9.17, 15) is 9.50 Å². The van der Waals surface area contributed by atoms with Crippen LogP contribution in [0.25, 0.3) is 5.69 Å². The molecule has 0 aliphatic carbocycles. The van der Waals surface area contributed by atoms with Gasteiger partial charge in [-0.2, -0.15) is 5.10 Å². The molecule has 4 nitrogen and oxygen atoms in total. The summed E-state index contributed by atoms with van der Waals surface area (Å²) in [6, 6.07) is 14.1. The molecule has 6 heteroatoms. The average Bonchev–Trinajstić information content (AvgIpc) is 3.12. The summed E-state index contributed by atoms with van der Waals surface area (Å²) in [6.07, 6.45) is 2.81. The Balaban J connectivity index is 1.58. The van der Waals surface area contributed by atoms with Crippen molar-refractivity contribution in [3.05, 3.63) is 82.9 Å². The van der Waals surface area contributed by atoms with E-state index in [0.717, 1.165) is 11.3 Å². The summed E-state index contributed by atoms with van der Waals surface area (Å²) in [5.74, 6) is -0.528. The molecule has 3 rings (SSSR count). The number of nitrogens with zero attached hydrogens (tertiary/aromatic N) is 2. The molecule has 124 valence electrons. The lowest BCUT2D eigenvalue weighted by atomic mass is 10.1. The lowest BCUT2D eigenvalue weighted by Gasteiger charge is -2.13. The van der Waals surface area contributed by atoms with Crippen molar-refractivity contribution in [2.75, 3.05) is 6.54 Å². The van der Waals surface area contributed by atoms with Crippen LogP contribution < -0.4 is 5.32 Å². The summed E-state index contributed by atoms with van der Waals surface area (Å²) < 4.78 is 15.2. The van der Waals surface area contributed by atoms with Gasteiger partial charge < -0.3 is 10.4 Å². The molecule has 1 heterocycles. The second kappa shape index (κ2) is 7.57. The van der Waals surface area contributed by atoms with Crippen LogP contribution in [0.4, 0.5) is 4.39 Å². The van der Waals surface area contributed by atoms with Gasteiger partial charge in [0.25, 0.3) is 0 Å². The van der Waals surface area contributed by atoms with Crippen LogP contribution in [0.3, 0.4) is 0 Å². The predicted molar refractivity (Wildman–Crippen MR) is 91.6 cm³/mol. The third kappa shape index (κ3) is 4.00. The van der Waals surface area contributed by atoms with E-state index in [2.05, 4.69) is 10.4 Å². The Morgan fingerprint density at radius 3 is 2.83 bits per heavy atom. The van der Waals surface area contributed by atoms with E-state index in [-0.39, 0.29) is 5.02 Å². The molecule has 1 aromatic heterocycles. The number of hydrogen-bond acceptors (Lipinski definition) is 3. The highest BCUT2D eigenvalue weighted by Gasteiger charge is 2.10. The normalized spacial score (nSPS) is 12.3. The quantitative estimate of drug-likeness (QED) is 0.719. The molecule has 0 fully saturated rings. The predicted octanol–water partition coefficient (Wildman–Crippen LogP) is 3.49. The number of hydrogen-bond donors (Lipinski definition) is 2. The van der Waals surface area contributed by atoms with Crippen molar-refractivity contribution in [3.8, 4) is 5.69 Å². The minimum absolute atomic E-state index is 0.0503. The Kier molecular flexibility index (Phi) is 5.25. The van der Waals surface area contributed by atoms with E-state index in [0.29, 0.717) is 18.7 Å². The molecule has 0 bridgehead atoms. The summed E-state index contributed by atoms with van der Waals surface area (Å²) in [4.78, 5) is 0. The molecule has 0 amide bonds. The number of benzene rings is 2. The van der Waals surface area contributed by atoms with E-state index < -0.39 is 11.9 Å². The monoisotopic (exact) mass is 345 g/mol. The zero-order chi connectivity index (χ0) is 16.9. The number of nitrogens with one attached hydrogen (secondary N) is 1. The van der Waals surface area contributed by atoms with Crippen LogP contribution in [0.15, 0.2) is 60.9 Å². The first-order valence-corrected chi connectivity index (χ1v) is 7.94. The minimum atomic E-state index is -0.800. The highest BCUT2D eigenvalue weighted by molar-refractivity contribution is 6.30. The first-order valence-electron chi connectivity index (χ1n) is 7.56. The topological polar surface area (TPSA) is 50.1 Å². The van der Waals surface area contributed by atoms with E-state index in [1.165, 1.54) is 12.1 Å². The van der Waals surface area contributed by atoms with Gasteiger partial charge in [0.2, 0.25) is 0 Å². The number of halogens is 2. The Morgan fingerprint density at radius 2 is 2.08 bits per heavy atom. The maximum atomic E-state index is 13.4. The van der Waals surface area contributed by atoms with Crippen molar-refractivity contribution in [1.29, 1.82) is 0 Å². The molecule has 24 heavy (non-hydrogen) atoms. The highest BCUT2D eigenvalue weighted by atomic mass is 35.5. The van der Waals surface area contributed by atoms with E-state index in [4.69, 9.17) is 11.6 Å². The summed E-state index contributed by atoms with van der Waals surface area (Å²) in [6.45, 7) is 0.898. The zero-order valence-corrected chi connectivity index (χ0v) is 13.6. The first-order chi connectivity index (χ1) is 11.6. The van der Waals surface area contributed by atoms with Crippen molar-refractivity contribution in [1.82, 2.24) is 15.1 Å². The summed E-state index contributed by atoms with van der Waals surface area (Å²) in [5, 5.41) is 17.6. The van der Waals surface area contributed by atoms with Gasteiger partial charge in [-0.15, -0.1) is 0 Å². The summed E-state index contributed by atoms with van der Waals surface area (Å²) >= 11 is 5.65. The van der Waals surface area contributed by atoms with Gasteiger partial charge in [0.15, 0.2) is 0 Å². The largest absolute Gasteiger partial charge is 0.387 e. The Morgan fingerprint density at radius 1 is 1.21 bits per heavy atom. The molecule has 0 saturated heterocycles. The fourth-order valence-electron chi connectivity index (χ4n) is 2.42. The molecule has 2 aromatic carbocycles. The van der Waals surface area contributed by atoms with E-state index in [1.54, 1.807) is 16.9 Å². The number of aromatic nitrogens is 2. The first kappa shape index (κ1) is 16.6. The molecule has 0 aliphatic rings. The molecule has 3 aromatic rings.